The molecular formula is C19H38Cl2. The predicted molar refractivity (Wildman–Crippen MR) is 99.6 cm³/mol. The monoisotopic (exact) mass is 336 g/mol. The third-order valence-corrected chi connectivity index (χ3v) is 5.70. The van der Waals surface area contributed by atoms with Gasteiger partial charge in [-0.25, -0.2) is 0 Å². The normalized spacial score (nSPS) is 13.6. The lowest BCUT2D eigenvalue weighted by Gasteiger charge is -2.27. The van der Waals surface area contributed by atoms with Crippen LogP contribution >= 0.6 is 23.2 Å². The number of hydrogen-bond acceptors (Lipinski definition) is 0. The highest BCUT2D eigenvalue weighted by molar-refractivity contribution is 6.48. The van der Waals surface area contributed by atoms with E-state index in [-0.39, 0.29) is 0 Å². The van der Waals surface area contributed by atoms with Gasteiger partial charge in [0.05, 0.1) is 0 Å². The molecule has 2 heteroatoms. The van der Waals surface area contributed by atoms with Crippen LogP contribution in [0.3, 0.4) is 0 Å². The maximum atomic E-state index is 6.55. The first-order valence-electron chi connectivity index (χ1n) is 9.42. The largest absolute Gasteiger partial charge is 0.120 e. The van der Waals surface area contributed by atoms with E-state index in [9.17, 15) is 0 Å². The zero-order valence-corrected chi connectivity index (χ0v) is 16.2. The molecule has 1 atom stereocenters. The van der Waals surface area contributed by atoms with Crippen LogP contribution in [0.1, 0.15) is 111 Å². The van der Waals surface area contributed by atoms with Crippen molar-refractivity contribution >= 4 is 23.2 Å². The van der Waals surface area contributed by atoms with Crippen LogP contribution in [0.5, 0.6) is 0 Å². The zero-order chi connectivity index (χ0) is 16.0. The van der Waals surface area contributed by atoms with E-state index in [2.05, 4.69) is 20.8 Å². The van der Waals surface area contributed by atoms with Crippen LogP contribution in [0, 0.1) is 5.92 Å². The molecule has 0 rings (SSSR count). The third kappa shape index (κ3) is 12.8. The Balaban J connectivity index is 3.61. The quantitative estimate of drug-likeness (QED) is 0.208. The standard InChI is InChI=1S/C19H38Cl2/c1-4-6-8-10-12-14-16-18(3)19(20,21)17-15-13-11-9-7-5-2/h18H,4-17H2,1-3H3. The third-order valence-electron chi connectivity index (χ3n) is 4.58. The van der Waals surface area contributed by atoms with Crippen LogP contribution in [-0.2, 0) is 0 Å². The summed E-state index contributed by atoms with van der Waals surface area (Å²) in [5.41, 5.74) is 0. The Kier molecular flexibility index (Phi) is 14.6. The Labute approximate surface area is 144 Å². The molecule has 0 fully saturated rings. The number of hydrogen-bond donors (Lipinski definition) is 0. The second-order valence-corrected chi connectivity index (χ2v) is 8.28. The summed E-state index contributed by atoms with van der Waals surface area (Å²) in [5.74, 6) is 0.419. The fourth-order valence-electron chi connectivity index (χ4n) is 2.83. The second kappa shape index (κ2) is 14.2. The predicted octanol–water partition coefficient (Wildman–Crippen LogP) is 8.30. The van der Waals surface area contributed by atoms with Crippen LogP contribution < -0.4 is 0 Å². The van der Waals surface area contributed by atoms with Gasteiger partial charge in [-0.2, -0.15) is 0 Å². The molecule has 0 bridgehead atoms. The second-order valence-electron chi connectivity index (χ2n) is 6.74. The van der Waals surface area contributed by atoms with Crippen molar-refractivity contribution in [2.75, 3.05) is 0 Å². The van der Waals surface area contributed by atoms with E-state index < -0.39 is 4.33 Å². The molecule has 0 spiro atoms. The molecule has 1 unspecified atom stereocenters. The molecule has 0 aromatic carbocycles. The van der Waals surface area contributed by atoms with Gasteiger partial charge in [0.1, 0.15) is 4.33 Å². The van der Waals surface area contributed by atoms with E-state index in [1.54, 1.807) is 0 Å². The summed E-state index contributed by atoms with van der Waals surface area (Å²) < 4.78 is -0.506. The van der Waals surface area contributed by atoms with Gasteiger partial charge in [0.2, 0.25) is 0 Å². The molecule has 0 saturated heterocycles. The van der Waals surface area contributed by atoms with Crippen molar-refractivity contribution < 1.29 is 0 Å². The van der Waals surface area contributed by atoms with E-state index in [1.165, 1.54) is 83.5 Å². The smallest absolute Gasteiger partial charge is 0.101 e. The number of halogens is 2. The Hall–Kier alpha value is 0.580. The van der Waals surface area contributed by atoms with Gasteiger partial charge in [0.15, 0.2) is 0 Å². The minimum Gasteiger partial charge on any atom is -0.101 e. The van der Waals surface area contributed by atoms with E-state index in [0.717, 1.165) is 6.42 Å². The first kappa shape index (κ1) is 21.6. The van der Waals surface area contributed by atoms with Gasteiger partial charge in [-0.05, 0) is 18.8 Å². The molecule has 0 aliphatic heterocycles. The van der Waals surface area contributed by atoms with Gasteiger partial charge in [-0.3, -0.25) is 0 Å². The first-order valence-corrected chi connectivity index (χ1v) is 10.2. The highest BCUT2D eigenvalue weighted by Gasteiger charge is 2.30. The Morgan fingerprint density at radius 3 is 1.62 bits per heavy atom. The van der Waals surface area contributed by atoms with E-state index in [4.69, 9.17) is 23.2 Å². The van der Waals surface area contributed by atoms with Crippen molar-refractivity contribution in [1.29, 1.82) is 0 Å². The Morgan fingerprint density at radius 1 is 0.667 bits per heavy atom. The number of unbranched alkanes of at least 4 members (excludes halogenated alkanes) is 10. The zero-order valence-electron chi connectivity index (χ0n) is 14.7. The van der Waals surface area contributed by atoms with Crippen molar-refractivity contribution in [1.82, 2.24) is 0 Å². The summed E-state index contributed by atoms with van der Waals surface area (Å²) in [5, 5.41) is 0. The summed E-state index contributed by atoms with van der Waals surface area (Å²) in [4.78, 5) is 0. The summed E-state index contributed by atoms with van der Waals surface area (Å²) in [6.45, 7) is 6.75. The highest BCUT2D eigenvalue weighted by atomic mass is 35.5. The highest BCUT2D eigenvalue weighted by Crippen LogP contribution is 2.38. The topological polar surface area (TPSA) is 0 Å². The van der Waals surface area contributed by atoms with Gasteiger partial charge >= 0.3 is 0 Å². The average Bonchev–Trinajstić information content (AvgIpc) is 2.46. The van der Waals surface area contributed by atoms with Gasteiger partial charge in [0, 0.05) is 0 Å². The number of alkyl halides is 2. The molecule has 0 nitrogen and oxygen atoms in total. The molecule has 0 heterocycles. The molecule has 0 amide bonds. The maximum Gasteiger partial charge on any atom is 0.120 e. The van der Waals surface area contributed by atoms with Crippen molar-refractivity contribution in [3.05, 3.63) is 0 Å². The molecule has 0 aromatic heterocycles. The molecule has 0 saturated carbocycles. The lowest BCUT2D eigenvalue weighted by molar-refractivity contribution is 0.408. The van der Waals surface area contributed by atoms with Crippen molar-refractivity contribution in [3.63, 3.8) is 0 Å². The van der Waals surface area contributed by atoms with Crippen molar-refractivity contribution in [2.45, 2.75) is 115 Å². The average molecular weight is 337 g/mol. The molecule has 0 radical (unpaired) electrons. The fourth-order valence-corrected chi connectivity index (χ4v) is 3.31. The van der Waals surface area contributed by atoms with Gasteiger partial charge < -0.3 is 0 Å². The minimum absolute atomic E-state index is 0.419. The Morgan fingerprint density at radius 2 is 1.10 bits per heavy atom. The lowest BCUT2D eigenvalue weighted by atomic mass is 9.94. The van der Waals surface area contributed by atoms with Crippen molar-refractivity contribution in [3.8, 4) is 0 Å². The number of rotatable bonds is 15. The summed E-state index contributed by atoms with van der Waals surface area (Å²) in [6, 6.07) is 0. The Bertz CT molecular complexity index is 214. The van der Waals surface area contributed by atoms with E-state index >= 15 is 0 Å². The van der Waals surface area contributed by atoms with Crippen molar-refractivity contribution in [2.24, 2.45) is 5.92 Å². The van der Waals surface area contributed by atoms with Crippen LogP contribution in [-0.4, -0.2) is 4.33 Å². The molecule has 128 valence electrons. The molecule has 0 aromatic rings. The van der Waals surface area contributed by atoms with Crippen LogP contribution in [0.25, 0.3) is 0 Å². The molecule has 0 aliphatic rings. The minimum atomic E-state index is -0.506. The molecular weight excluding hydrogens is 299 g/mol. The van der Waals surface area contributed by atoms with Gasteiger partial charge in [-0.15, -0.1) is 23.2 Å². The molecule has 21 heavy (non-hydrogen) atoms. The SMILES string of the molecule is CCCCCCCCC(C)C(Cl)(Cl)CCCCCCCC. The van der Waals surface area contributed by atoms with E-state index in [0.29, 0.717) is 5.92 Å². The van der Waals surface area contributed by atoms with Crippen LogP contribution in [0.2, 0.25) is 0 Å². The van der Waals surface area contributed by atoms with E-state index in [1.807, 2.05) is 0 Å². The maximum absolute atomic E-state index is 6.55. The van der Waals surface area contributed by atoms with Crippen LogP contribution in [0.4, 0.5) is 0 Å². The summed E-state index contributed by atoms with van der Waals surface area (Å²) >= 11 is 13.1. The summed E-state index contributed by atoms with van der Waals surface area (Å²) in [7, 11) is 0. The first-order chi connectivity index (χ1) is 10.0. The molecule has 0 aliphatic carbocycles. The molecule has 0 N–H and O–H groups in total. The fraction of sp³-hybridized carbons (Fsp3) is 1.00. The summed E-state index contributed by atoms with van der Waals surface area (Å²) in [6.07, 6.45) is 18.0. The van der Waals surface area contributed by atoms with Gasteiger partial charge in [-0.1, -0.05) is 97.8 Å². The van der Waals surface area contributed by atoms with Gasteiger partial charge in [0.25, 0.3) is 0 Å². The lowest BCUT2D eigenvalue weighted by Crippen LogP contribution is -2.23. The van der Waals surface area contributed by atoms with Crippen LogP contribution in [0.15, 0.2) is 0 Å².